The molecule has 0 aliphatic carbocycles. The van der Waals surface area contributed by atoms with Gasteiger partial charge in [-0.05, 0) is 12.1 Å². The van der Waals surface area contributed by atoms with Crippen LogP contribution in [-0.2, 0) is 9.84 Å². The minimum Gasteiger partial charge on any atom is -0.496 e. The van der Waals surface area contributed by atoms with Crippen molar-refractivity contribution in [2.24, 2.45) is 0 Å². The number of carbonyl (C=O) groups is 1. The van der Waals surface area contributed by atoms with Crippen LogP contribution in [0, 0.1) is 0 Å². The van der Waals surface area contributed by atoms with Crippen LogP contribution in [0.4, 0.5) is 5.69 Å². The van der Waals surface area contributed by atoms with Crippen molar-refractivity contribution in [3.63, 3.8) is 0 Å². The van der Waals surface area contributed by atoms with Crippen molar-refractivity contribution in [2.75, 3.05) is 37.4 Å². The monoisotopic (exact) mass is 284 g/mol. The first-order valence-electron chi connectivity index (χ1n) is 5.87. The summed E-state index contributed by atoms with van der Waals surface area (Å²) in [6.07, 6.45) is 0. The summed E-state index contributed by atoms with van der Waals surface area (Å²) in [5.41, 5.74) is 6.44. The quantitative estimate of drug-likeness (QED) is 0.781. The van der Waals surface area contributed by atoms with Crippen LogP contribution < -0.4 is 10.5 Å². The lowest BCUT2D eigenvalue weighted by atomic mass is 10.1. The number of sulfone groups is 1. The van der Waals surface area contributed by atoms with E-state index >= 15 is 0 Å². The zero-order valence-electron chi connectivity index (χ0n) is 10.6. The van der Waals surface area contributed by atoms with E-state index in [2.05, 4.69) is 0 Å². The molecule has 0 spiro atoms. The maximum Gasteiger partial charge on any atom is 0.259 e. The number of hydrogen-bond acceptors (Lipinski definition) is 5. The summed E-state index contributed by atoms with van der Waals surface area (Å²) in [5, 5.41) is 0. The molecule has 2 N–H and O–H groups in total. The van der Waals surface area contributed by atoms with E-state index in [1.807, 2.05) is 0 Å². The van der Waals surface area contributed by atoms with Gasteiger partial charge in [0.15, 0.2) is 9.84 Å². The number of ether oxygens (including phenoxy) is 1. The van der Waals surface area contributed by atoms with E-state index in [1.165, 1.54) is 12.0 Å². The summed E-state index contributed by atoms with van der Waals surface area (Å²) < 4.78 is 27.8. The van der Waals surface area contributed by atoms with Gasteiger partial charge in [-0.15, -0.1) is 0 Å². The van der Waals surface area contributed by atoms with Crippen molar-refractivity contribution in [2.45, 2.75) is 0 Å². The third-order valence-corrected chi connectivity index (χ3v) is 4.73. The number of hydrogen-bond donors (Lipinski definition) is 1. The summed E-state index contributed by atoms with van der Waals surface area (Å²) in [7, 11) is -1.55. The first kappa shape index (κ1) is 13.7. The van der Waals surface area contributed by atoms with Crippen molar-refractivity contribution < 1.29 is 17.9 Å². The molecule has 0 bridgehead atoms. The zero-order chi connectivity index (χ0) is 14.0. The summed E-state index contributed by atoms with van der Waals surface area (Å²) >= 11 is 0. The van der Waals surface area contributed by atoms with Gasteiger partial charge in [-0.3, -0.25) is 4.79 Å². The molecule has 0 atom stereocenters. The summed E-state index contributed by atoms with van der Waals surface area (Å²) in [6, 6.07) is 4.98. The van der Waals surface area contributed by atoms with E-state index in [4.69, 9.17) is 10.5 Å². The SMILES string of the molecule is COc1cccc(N)c1C(=O)N1CCS(=O)(=O)CC1. The van der Waals surface area contributed by atoms with Gasteiger partial charge in [-0.2, -0.15) is 0 Å². The number of nitrogen functional groups attached to an aromatic ring is 1. The molecule has 0 saturated carbocycles. The Labute approximate surface area is 112 Å². The van der Waals surface area contributed by atoms with Crippen LogP contribution >= 0.6 is 0 Å². The van der Waals surface area contributed by atoms with Gasteiger partial charge in [0.05, 0.1) is 18.6 Å². The molecule has 1 saturated heterocycles. The minimum absolute atomic E-state index is 0.00616. The van der Waals surface area contributed by atoms with Gasteiger partial charge in [0.2, 0.25) is 0 Å². The van der Waals surface area contributed by atoms with E-state index < -0.39 is 9.84 Å². The van der Waals surface area contributed by atoms with Gasteiger partial charge in [0.1, 0.15) is 11.3 Å². The second-order valence-electron chi connectivity index (χ2n) is 4.37. The molecule has 6 nitrogen and oxygen atoms in total. The molecule has 1 fully saturated rings. The van der Waals surface area contributed by atoms with Gasteiger partial charge in [0, 0.05) is 18.8 Å². The first-order chi connectivity index (χ1) is 8.94. The molecule has 0 aromatic heterocycles. The number of nitrogens with two attached hydrogens (primary N) is 1. The molecule has 2 rings (SSSR count). The van der Waals surface area contributed by atoms with Gasteiger partial charge < -0.3 is 15.4 Å². The predicted molar refractivity (Wildman–Crippen MR) is 72.0 cm³/mol. The van der Waals surface area contributed by atoms with Gasteiger partial charge in [0.25, 0.3) is 5.91 Å². The number of rotatable bonds is 2. The molecule has 1 aromatic rings. The molecule has 1 amide bonds. The van der Waals surface area contributed by atoms with Gasteiger partial charge in [-0.25, -0.2) is 8.42 Å². The van der Waals surface area contributed by atoms with Crippen molar-refractivity contribution in [3.8, 4) is 5.75 Å². The highest BCUT2D eigenvalue weighted by Gasteiger charge is 2.28. The standard InChI is InChI=1S/C12H16N2O4S/c1-18-10-4-2-3-9(13)11(10)12(15)14-5-7-19(16,17)8-6-14/h2-4H,5-8,13H2,1H3. The maximum atomic E-state index is 12.4. The number of methoxy groups -OCH3 is 1. The second-order valence-corrected chi connectivity index (χ2v) is 6.67. The third-order valence-electron chi connectivity index (χ3n) is 3.12. The number of benzene rings is 1. The Balaban J connectivity index is 2.26. The lowest BCUT2D eigenvalue weighted by molar-refractivity contribution is 0.0768. The molecular weight excluding hydrogens is 268 g/mol. The number of anilines is 1. The topological polar surface area (TPSA) is 89.7 Å². The Morgan fingerprint density at radius 1 is 1.32 bits per heavy atom. The Hall–Kier alpha value is -1.76. The lowest BCUT2D eigenvalue weighted by Gasteiger charge is -2.27. The highest BCUT2D eigenvalue weighted by atomic mass is 32.2. The molecule has 1 aliphatic heterocycles. The van der Waals surface area contributed by atoms with Gasteiger partial charge >= 0.3 is 0 Å². The normalized spacial score (nSPS) is 18.1. The van der Waals surface area contributed by atoms with Crippen LogP contribution in [0.5, 0.6) is 5.75 Å². The van der Waals surface area contributed by atoms with Crippen LogP contribution in [0.15, 0.2) is 18.2 Å². The molecule has 0 unspecified atom stereocenters. The van der Waals surface area contributed by atoms with Gasteiger partial charge in [-0.1, -0.05) is 6.07 Å². The Bertz CT molecular complexity index is 584. The van der Waals surface area contributed by atoms with E-state index in [0.29, 0.717) is 17.0 Å². The minimum atomic E-state index is -3.01. The van der Waals surface area contributed by atoms with Crippen LogP contribution in [0.3, 0.4) is 0 Å². The molecule has 104 valence electrons. The molecule has 7 heteroatoms. The largest absolute Gasteiger partial charge is 0.496 e. The average molecular weight is 284 g/mol. The molecule has 0 radical (unpaired) electrons. The molecule has 1 heterocycles. The average Bonchev–Trinajstić information content (AvgIpc) is 2.37. The molecule has 19 heavy (non-hydrogen) atoms. The fraction of sp³-hybridized carbons (Fsp3) is 0.417. The van der Waals surface area contributed by atoms with Crippen LogP contribution in [0.2, 0.25) is 0 Å². The lowest BCUT2D eigenvalue weighted by Crippen LogP contribution is -2.44. The second kappa shape index (κ2) is 5.08. The Morgan fingerprint density at radius 3 is 2.53 bits per heavy atom. The van der Waals surface area contributed by atoms with Crippen LogP contribution in [0.25, 0.3) is 0 Å². The summed E-state index contributed by atoms with van der Waals surface area (Å²) in [6.45, 7) is 0.386. The molecular formula is C12H16N2O4S. The van der Waals surface area contributed by atoms with Crippen LogP contribution in [-0.4, -0.2) is 50.9 Å². The third kappa shape index (κ3) is 2.81. The predicted octanol–water partition coefficient (Wildman–Crippen LogP) is 0.148. The summed E-state index contributed by atoms with van der Waals surface area (Å²) in [5.74, 6) is 0.102. The maximum absolute atomic E-state index is 12.4. The van der Waals surface area contributed by atoms with Crippen molar-refractivity contribution >= 4 is 21.4 Å². The van der Waals surface area contributed by atoms with Crippen LogP contribution in [0.1, 0.15) is 10.4 Å². The summed E-state index contributed by atoms with van der Waals surface area (Å²) in [4.78, 5) is 13.9. The van der Waals surface area contributed by atoms with Crippen molar-refractivity contribution in [3.05, 3.63) is 23.8 Å². The number of nitrogens with zero attached hydrogens (tertiary/aromatic N) is 1. The number of amides is 1. The van der Waals surface area contributed by atoms with Crippen molar-refractivity contribution in [1.29, 1.82) is 0 Å². The first-order valence-corrected chi connectivity index (χ1v) is 7.69. The smallest absolute Gasteiger partial charge is 0.259 e. The number of carbonyl (C=O) groups excluding carboxylic acids is 1. The molecule has 1 aliphatic rings. The zero-order valence-corrected chi connectivity index (χ0v) is 11.4. The highest BCUT2D eigenvalue weighted by Crippen LogP contribution is 2.26. The fourth-order valence-electron chi connectivity index (χ4n) is 2.02. The van der Waals surface area contributed by atoms with E-state index in [1.54, 1.807) is 18.2 Å². The fourth-order valence-corrected chi connectivity index (χ4v) is 3.22. The van der Waals surface area contributed by atoms with E-state index in [9.17, 15) is 13.2 Å². The van der Waals surface area contributed by atoms with E-state index in [-0.39, 0.29) is 30.5 Å². The highest BCUT2D eigenvalue weighted by molar-refractivity contribution is 7.91. The Kier molecular flexibility index (Phi) is 3.66. The van der Waals surface area contributed by atoms with E-state index in [0.717, 1.165) is 0 Å². The van der Waals surface area contributed by atoms with Crippen molar-refractivity contribution in [1.82, 2.24) is 4.90 Å². The molecule has 1 aromatic carbocycles. The Morgan fingerprint density at radius 2 is 1.95 bits per heavy atom.